The number of hydrogen-bond acceptors (Lipinski definition) is 5. The summed E-state index contributed by atoms with van der Waals surface area (Å²) >= 11 is 0. The number of hydrogen-bond donors (Lipinski definition) is 2. The van der Waals surface area contributed by atoms with Gasteiger partial charge >= 0.3 is 6.18 Å². The molecule has 11 heteroatoms. The van der Waals surface area contributed by atoms with Crippen LogP contribution in [0.4, 0.5) is 24.5 Å². The van der Waals surface area contributed by atoms with E-state index in [9.17, 15) is 27.6 Å². The van der Waals surface area contributed by atoms with Crippen molar-refractivity contribution in [3.63, 3.8) is 0 Å². The maximum atomic E-state index is 13.1. The number of anilines is 2. The highest BCUT2D eigenvalue weighted by atomic mass is 19.4. The van der Waals surface area contributed by atoms with Crippen molar-refractivity contribution >= 4 is 29.1 Å². The second-order valence-corrected chi connectivity index (χ2v) is 8.82. The Hall–Kier alpha value is -3.60. The molecule has 0 unspecified atom stereocenters. The zero-order valence-corrected chi connectivity index (χ0v) is 19.6. The first-order valence-corrected chi connectivity index (χ1v) is 11.8. The van der Waals surface area contributed by atoms with Gasteiger partial charge in [0.1, 0.15) is 6.04 Å². The Morgan fingerprint density at radius 3 is 2.39 bits per heavy atom. The summed E-state index contributed by atoms with van der Waals surface area (Å²) < 4.78 is 38.9. The summed E-state index contributed by atoms with van der Waals surface area (Å²) in [6.45, 7) is 3.56. The molecule has 2 fully saturated rings. The van der Waals surface area contributed by atoms with Crippen LogP contribution in [0.1, 0.15) is 12.0 Å². The van der Waals surface area contributed by atoms with Crippen LogP contribution in [0, 0.1) is 0 Å². The summed E-state index contributed by atoms with van der Waals surface area (Å²) in [6, 6.07) is 13.3. The Kier molecular flexibility index (Phi) is 7.78. The molecule has 2 saturated heterocycles. The predicted molar refractivity (Wildman–Crippen MR) is 128 cm³/mol. The smallest absolute Gasteiger partial charge is 0.369 e. The van der Waals surface area contributed by atoms with Crippen LogP contribution in [0.15, 0.2) is 54.6 Å². The maximum absolute atomic E-state index is 13.1. The quantitative estimate of drug-likeness (QED) is 0.632. The molecular weight excluding hydrogens is 475 g/mol. The molecular formula is C25H28F3N5O3. The molecule has 192 valence electrons. The fourth-order valence-corrected chi connectivity index (χ4v) is 4.46. The Labute approximate surface area is 207 Å². The molecule has 2 aromatic carbocycles. The fourth-order valence-electron chi connectivity index (χ4n) is 4.46. The lowest BCUT2D eigenvalue weighted by Crippen LogP contribution is -2.60. The van der Waals surface area contributed by atoms with Crippen LogP contribution >= 0.6 is 0 Å². The number of carbonyl (C=O) groups excluding carboxylic acids is 3. The first-order valence-electron chi connectivity index (χ1n) is 11.8. The van der Waals surface area contributed by atoms with Crippen molar-refractivity contribution in [2.24, 2.45) is 0 Å². The van der Waals surface area contributed by atoms with Crippen LogP contribution in [0.25, 0.3) is 0 Å². The number of carbonyl (C=O) groups is 3. The lowest BCUT2D eigenvalue weighted by molar-refractivity contribution is -0.145. The number of amides is 3. The molecule has 1 atom stereocenters. The normalized spacial score (nSPS) is 19.1. The standard InChI is InChI=1S/C25H28F3N5O3/c26-25(27,28)18-5-4-6-19(15-18)30-22(34)16-21-24(36)29-9-10-33(21)23(35)17-31-11-13-32(14-12-31)20-7-2-1-3-8-20/h1-8,15,21H,9-14,16-17H2,(H,29,36)(H,30,34)/t21-/m0/s1. The minimum atomic E-state index is -4.54. The molecule has 2 aliphatic heterocycles. The van der Waals surface area contributed by atoms with E-state index in [1.807, 2.05) is 35.2 Å². The highest BCUT2D eigenvalue weighted by molar-refractivity contribution is 5.97. The van der Waals surface area contributed by atoms with Crippen molar-refractivity contribution in [3.8, 4) is 0 Å². The third kappa shape index (κ3) is 6.34. The molecule has 0 aromatic heterocycles. The molecule has 4 rings (SSSR count). The number of alkyl halides is 3. The second-order valence-electron chi connectivity index (χ2n) is 8.82. The van der Waals surface area contributed by atoms with E-state index in [1.54, 1.807) is 0 Å². The monoisotopic (exact) mass is 503 g/mol. The number of piperazine rings is 2. The molecule has 0 radical (unpaired) electrons. The van der Waals surface area contributed by atoms with E-state index in [2.05, 4.69) is 15.5 Å². The number of nitrogens with one attached hydrogen (secondary N) is 2. The second kappa shape index (κ2) is 11.0. The first kappa shape index (κ1) is 25.5. The third-order valence-corrected chi connectivity index (χ3v) is 6.36. The molecule has 0 bridgehead atoms. The highest BCUT2D eigenvalue weighted by Gasteiger charge is 2.36. The zero-order valence-electron chi connectivity index (χ0n) is 19.6. The minimum absolute atomic E-state index is 0.0276. The van der Waals surface area contributed by atoms with Gasteiger partial charge in [0, 0.05) is 50.6 Å². The summed E-state index contributed by atoms with van der Waals surface area (Å²) in [6.07, 6.45) is -4.89. The Bertz CT molecular complexity index is 1090. The van der Waals surface area contributed by atoms with E-state index in [1.165, 1.54) is 17.0 Å². The molecule has 0 spiro atoms. The molecule has 0 saturated carbocycles. The van der Waals surface area contributed by atoms with Gasteiger partial charge in [0.25, 0.3) is 0 Å². The van der Waals surface area contributed by atoms with Crippen LogP contribution in [0.3, 0.4) is 0 Å². The highest BCUT2D eigenvalue weighted by Crippen LogP contribution is 2.30. The summed E-state index contributed by atoms with van der Waals surface area (Å²) in [5.41, 5.74) is 0.211. The van der Waals surface area contributed by atoms with Gasteiger partial charge in [0.05, 0.1) is 18.5 Å². The number of rotatable bonds is 6. The predicted octanol–water partition coefficient (Wildman–Crippen LogP) is 2.18. The van der Waals surface area contributed by atoms with Crippen molar-refractivity contribution in [1.82, 2.24) is 15.1 Å². The Morgan fingerprint density at radius 1 is 0.972 bits per heavy atom. The molecule has 2 heterocycles. The van der Waals surface area contributed by atoms with Crippen molar-refractivity contribution in [1.29, 1.82) is 0 Å². The van der Waals surface area contributed by atoms with Gasteiger partial charge in [-0.3, -0.25) is 19.3 Å². The van der Waals surface area contributed by atoms with Gasteiger partial charge in [-0.25, -0.2) is 0 Å². The lowest BCUT2D eigenvalue weighted by atomic mass is 10.1. The third-order valence-electron chi connectivity index (χ3n) is 6.36. The maximum Gasteiger partial charge on any atom is 0.416 e. The number of para-hydroxylation sites is 1. The van der Waals surface area contributed by atoms with Crippen LogP contribution in [-0.4, -0.2) is 79.4 Å². The van der Waals surface area contributed by atoms with E-state index in [4.69, 9.17) is 0 Å². The largest absolute Gasteiger partial charge is 0.416 e. The number of benzene rings is 2. The van der Waals surface area contributed by atoms with Gasteiger partial charge in [0.2, 0.25) is 17.7 Å². The number of halogens is 3. The van der Waals surface area contributed by atoms with Crippen LogP contribution in [0.5, 0.6) is 0 Å². The zero-order chi connectivity index (χ0) is 25.7. The van der Waals surface area contributed by atoms with E-state index < -0.39 is 29.6 Å². The summed E-state index contributed by atoms with van der Waals surface area (Å²) in [7, 11) is 0. The van der Waals surface area contributed by atoms with Gasteiger partial charge in [-0.05, 0) is 30.3 Å². The van der Waals surface area contributed by atoms with E-state index >= 15 is 0 Å². The summed E-state index contributed by atoms with van der Waals surface area (Å²) in [5, 5.41) is 5.07. The first-order chi connectivity index (χ1) is 17.2. The Balaban J connectivity index is 1.34. The van der Waals surface area contributed by atoms with Gasteiger partial charge in [-0.15, -0.1) is 0 Å². The van der Waals surface area contributed by atoms with Crippen molar-refractivity contribution in [3.05, 3.63) is 60.2 Å². The minimum Gasteiger partial charge on any atom is -0.369 e. The van der Waals surface area contributed by atoms with Gasteiger partial charge in [0.15, 0.2) is 0 Å². The van der Waals surface area contributed by atoms with Crippen LogP contribution in [-0.2, 0) is 20.6 Å². The molecule has 36 heavy (non-hydrogen) atoms. The summed E-state index contributed by atoms with van der Waals surface area (Å²) in [4.78, 5) is 43.9. The van der Waals surface area contributed by atoms with Crippen LogP contribution < -0.4 is 15.5 Å². The Morgan fingerprint density at radius 2 is 1.69 bits per heavy atom. The van der Waals surface area contributed by atoms with E-state index in [0.29, 0.717) is 13.1 Å². The van der Waals surface area contributed by atoms with E-state index in [0.717, 1.165) is 30.9 Å². The molecule has 3 amide bonds. The lowest BCUT2D eigenvalue weighted by Gasteiger charge is -2.39. The fraction of sp³-hybridized carbons (Fsp3) is 0.400. The van der Waals surface area contributed by atoms with Crippen molar-refractivity contribution in [2.45, 2.75) is 18.6 Å². The number of nitrogens with zero attached hydrogens (tertiary/aromatic N) is 3. The van der Waals surface area contributed by atoms with Gasteiger partial charge < -0.3 is 20.4 Å². The molecule has 0 aliphatic carbocycles. The summed E-state index contributed by atoms with van der Waals surface area (Å²) in [5.74, 6) is -1.36. The van der Waals surface area contributed by atoms with Crippen molar-refractivity contribution in [2.75, 3.05) is 56.0 Å². The average Bonchev–Trinajstić information content (AvgIpc) is 2.86. The van der Waals surface area contributed by atoms with Crippen LogP contribution in [0.2, 0.25) is 0 Å². The average molecular weight is 504 g/mol. The molecule has 8 nitrogen and oxygen atoms in total. The van der Waals surface area contributed by atoms with Gasteiger partial charge in [-0.1, -0.05) is 24.3 Å². The van der Waals surface area contributed by atoms with E-state index in [-0.39, 0.29) is 37.6 Å². The molecule has 2 N–H and O–H groups in total. The van der Waals surface area contributed by atoms with Gasteiger partial charge in [-0.2, -0.15) is 13.2 Å². The molecule has 2 aliphatic rings. The van der Waals surface area contributed by atoms with Crippen molar-refractivity contribution < 1.29 is 27.6 Å². The topological polar surface area (TPSA) is 85.0 Å². The SMILES string of the molecule is O=C(C[C@H]1C(=O)NCCN1C(=O)CN1CCN(c2ccccc2)CC1)Nc1cccc(C(F)(F)F)c1. The molecule has 2 aromatic rings.